The summed E-state index contributed by atoms with van der Waals surface area (Å²) in [5, 5.41) is 3.46. The quantitative estimate of drug-likeness (QED) is 0.782. The first-order chi connectivity index (χ1) is 8.92. The molecule has 0 saturated carbocycles. The Hall–Kier alpha value is -1.06. The molecule has 0 aromatic heterocycles. The van der Waals surface area contributed by atoms with Crippen LogP contribution in [0.4, 0.5) is 5.69 Å². The molecule has 3 heteroatoms. The normalized spacial score (nSPS) is 15.3. The van der Waals surface area contributed by atoms with Crippen LogP contribution in [0.2, 0.25) is 0 Å². The molecular weight excluding hydrogens is 224 g/mol. The highest BCUT2D eigenvalue weighted by molar-refractivity contribution is 5.54. The predicted octanol–water partition coefficient (Wildman–Crippen LogP) is 2.41. The molecule has 1 aliphatic rings. The minimum Gasteiger partial charge on any atom is -0.380 e. The molecule has 18 heavy (non-hydrogen) atoms. The maximum Gasteiger partial charge on any atom is 0.0641 e. The molecule has 0 radical (unpaired) electrons. The van der Waals surface area contributed by atoms with Gasteiger partial charge in [-0.25, -0.2) is 0 Å². The van der Waals surface area contributed by atoms with Crippen LogP contribution in [-0.4, -0.2) is 32.8 Å². The van der Waals surface area contributed by atoms with E-state index < -0.39 is 0 Å². The third kappa shape index (κ3) is 3.72. The second-order valence-electron chi connectivity index (χ2n) is 4.76. The van der Waals surface area contributed by atoms with Crippen molar-refractivity contribution in [3.63, 3.8) is 0 Å². The van der Waals surface area contributed by atoms with Crippen molar-refractivity contribution in [1.29, 1.82) is 0 Å². The number of para-hydroxylation sites is 1. The Labute approximate surface area is 110 Å². The average molecular weight is 248 g/mol. The molecule has 0 amide bonds. The lowest BCUT2D eigenvalue weighted by Gasteiger charge is -2.24. The van der Waals surface area contributed by atoms with E-state index in [1.807, 2.05) is 0 Å². The van der Waals surface area contributed by atoms with Gasteiger partial charge in [-0.2, -0.15) is 0 Å². The largest absolute Gasteiger partial charge is 0.380 e. The second kappa shape index (κ2) is 7.39. The molecular formula is C15H24N2O. The van der Waals surface area contributed by atoms with Crippen LogP contribution < -0.4 is 10.2 Å². The molecule has 1 N–H and O–H groups in total. The molecule has 0 bridgehead atoms. The Morgan fingerprint density at radius 1 is 1.28 bits per heavy atom. The van der Waals surface area contributed by atoms with E-state index in [0.717, 1.165) is 45.8 Å². The fourth-order valence-electron chi connectivity index (χ4n) is 2.28. The lowest BCUT2D eigenvalue weighted by molar-refractivity contribution is 0.137. The average Bonchev–Trinajstić information content (AvgIpc) is 2.61. The maximum absolute atomic E-state index is 5.67. The molecule has 1 heterocycles. The topological polar surface area (TPSA) is 24.5 Å². The van der Waals surface area contributed by atoms with Crippen molar-refractivity contribution >= 4 is 5.69 Å². The number of hydrogen-bond donors (Lipinski definition) is 1. The summed E-state index contributed by atoms with van der Waals surface area (Å²) < 4.78 is 5.67. The number of benzene rings is 1. The number of unbranched alkanes of at least 4 members (excludes halogenated alkanes) is 1. The smallest absolute Gasteiger partial charge is 0.0641 e. The minimum atomic E-state index is 0.828. The van der Waals surface area contributed by atoms with Crippen molar-refractivity contribution in [2.45, 2.75) is 26.3 Å². The van der Waals surface area contributed by atoms with Crippen LogP contribution in [0.1, 0.15) is 25.3 Å². The van der Waals surface area contributed by atoms with Crippen LogP contribution in [0.5, 0.6) is 0 Å². The Morgan fingerprint density at radius 2 is 2.17 bits per heavy atom. The summed E-state index contributed by atoms with van der Waals surface area (Å²) in [6, 6.07) is 8.66. The summed E-state index contributed by atoms with van der Waals surface area (Å²) in [5.74, 6) is 0. The van der Waals surface area contributed by atoms with Crippen LogP contribution in [0.25, 0.3) is 0 Å². The maximum atomic E-state index is 5.67. The van der Waals surface area contributed by atoms with Gasteiger partial charge in [0.2, 0.25) is 0 Å². The van der Waals surface area contributed by atoms with E-state index in [1.165, 1.54) is 17.7 Å². The SMILES string of the molecule is CCCCOCCN1CCNCc2ccccc21. The predicted molar refractivity (Wildman–Crippen MR) is 76.1 cm³/mol. The summed E-state index contributed by atoms with van der Waals surface area (Å²) >= 11 is 0. The lowest BCUT2D eigenvalue weighted by Crippen LogP contribution is -2.31. The van der Waals surface area contributed by atoms with Crippen LogP contribution in [0.3, 0.4) is 0 Å². The third-order valence-electron chi connectivity index (χ3n) is 3.35. The van der Waals surface area contributed by atoms with E-state index in [4.69, 9.17) is 4.74 Å². The number of fused-ring (bicyclic) bond motifs is 1. The molecule has 0 saturated heterocycles. The van der Waals surface area contributed by atoms with Crippen molar-refractivity contribution in [1.82, 2.24) is 5.32 Å². The summed E-state index contributed by atoms with van der Waals surface area (Å²) in [6.45, 7) is 7.99. The van der Waals surface area contributed by atoms with Gasteiger partial charge in [-0.05, 0) is 18.1 Å². The van der Waals surface area contributed by atoms with Gasteiger partial charge in [-0.15, -0.1) is 0 Å². The van der Waals surface area contributed by atoms with Gasteiger partial charge in [0.15, 0.2) is 0 Å². The van der Waals surface area contributed by atoms with Crippen LogP contribution in [-0.2, 0) is 11.3 Å². The lowest BCUT2D eigenvalue weighted by atomic mass is 10.1. The van der Waals surface area contributed by atoms with Crippen LogP contribution in [0, 0.1) is 0 Å². The number of nitrogens with zero attached hydrogens (tertiary/aromatic N) is 1. The first-order valence-electron chi connectivity index (χ1n) is 7.03. The highest BCUT2D eigenvalue weighted by atomic mass is 16.5. The molecule has 1 aliphatic heterocycles. The molecule has 3 nitrogen and oxygen atoms in total. The van der Waals surface area contributed by atoms with E-state index >= 15 is 0 Å². The minimum absolute atomic E-state index is 0.828. The van der Waals surface area contributed by atoms with Crippen molar-refractivity contribution < 1.29 is 4.74 Å². The Morgan fingerprint density at radius 3 is 3.06 bits per heavy atom. The van der Waals surface area contributed by atoms with E-state index in [0.29, 0.717) is 0 Å². The molecule has 1 aromatic carbocycles. The first-order valence-corrected chi connectivity index (χ1v) is 7.03. The van der Waals surface area contributed by atoms with E-state index in [9.17, 15) is 0 Å². The third-order valence-corrected chi connectivity index (χ3v) is 3.35. The van der Waals surface area contributed by atoms with Gasteiger partial charge in [-0.1, -0.05) is 31.5 Å². The number of nitrogens with one attached hydrogen (secondary N) is 1. The molecule has 0 spiro atoms. The van der Waals surface area contributed by atoms with Crippen molar-refractivity contribution in [2.24, 2.45) is 0 Å². The van der Waals surface area contributed by atoms with Gasteiger partial charge in [0.25, 0.3) is 0 Å². The summed E-state index contributed by atoms with van der Waals surface area (Å²) in [7, 11) is 0. The summed E-state index contributed by atoms with van der Waals surface area (Å²) in [4.78, 5) is 2.43. The van der Waals surface area contributed by atoms with Gasteiger partial charge in [0.1, 0.15) is 0 Å². The monoisotopic (exact) mass is 248 g/mol. The summed E-state index contributed by atoms with van der Waals surface area (Å²) in [6.07, 6.45) is 2.37. The molecule has 1 aromatic rings. The fraction of sp³-hybridized carbons (Fsp3) is 0.600. The zero-order chi connectivity index (χ0) is 12.6. The zero-order valence-electron chi connectivity index (χ0n) is 11.3. The zero-order valence-corrected chi connectivity index (χ0v) is 11.3. The van der Waals surface area contributed by atoms with Gasteiger partial charge in [-0.3, -0.25) is 0 Å². The van der Waals surface area contributed by atoms with Gasteiger partial charge < -0.3 is 15.0 Å². The van der Waals surface area contributed by atoms with E-state index in [1.54, 1.807) is 0 Å². The Bertz CT molecular complexity index is 354. The number of rotatable bonds is 6. The first kappa shape index (κ1) is 13.4. The van der Waals surface area contributed by atoms with Crippen LogP contribution in [0.15, 0.2) is 24.3 Å². The number of ether oxygens (including phenoxy) is 1. The molecule has 0 aliphatic carbocycles. The van der Waals surface area contributed by atoms with Gasteiger partial charge in [0.05, 0.1) is 6.61 Å². The number of hydrogen-bond acceptors (Lipinski definition) is 3. The highest BCUT2D eigenvalue weighted by Gasteiger charge is 2.13. The standard InChI is InChI=1S/C15H24N2O/c1-2-3-11-18-12-10-17-9-8-16-13-14-6-4-5-7-15(14)17/h4-7,16H,2-3,8-13H2,1H3. The highest BCUT2D eigenvalue weighted by Crippen LogP contribution is 2.21. The molecule has 0 unspecified atom stereocenters. The fourth-order valence-corrected chi connectivity index (χ4v) is 2.28. The number of anilines is 1. The van der Waals surface area contributed by atoms with E-state index in [-0.39, 0.29) is 0 Å². The molecule has 0 fully saturated rings. The molecule has 0 atom stereocenters. The Kier molecular flexibility index (Phi) is 5.49. The molecule has 100 valence electrons. The van der Waals surface area contributed by atoms with Crippen molar-refractivity contribution in [3.8, 4) is 0 Å². The van der Waals surface area contributed by atoms with Crippen molar-refractivity contribution in [3.05, 3.63) is 29.8 Å². The molecule has 2 rings (SSSR count). The van der Waals surface area contributed by atoms with Crippen molar-refractivity contribution in [2.75, 3.05) is 37.7 Å². The van der Waals surface area contributed by atoms with Crippen LogP contribution >= 0.6 is 0 Å². The second-order valence-corrected chi connectivity index (χ2v) is 4.76. The van der Waals surface area contributed by atoms with E-state index in [2.05, 4.69) is 41.4 Å². The van der Waals surface area contributed by atoms with Gasteiger partial charge >= 0.3 is 0 Å². The summed E-state index contributed by atoms with van der Waals surface area (Å²) in [5.41, 5.74) is 2.75. The Balaban J connectivity index is 1.88. The van der Waals surface area contributed by atoms with Gasteiger partial charge in [0, 0.05) is 38.5 Å².